The zero-order chi connectivity index (χ0) is 25.2. The number of piperazine rings is 1. The number of anilines is 1. The Kier molecular flexibility index (Phi) is 6.69. The Hall–Kier alpha value is -3.78. The summed E-state index contributed by atoms with van der Waals surface area (Å²) in [5, 5.41) is 14.6. The number of hydrogen-bond acceptors (Lipinski definition) is 5. The Labute approximate surface area is 209 Å². The second-order valence-electron chi connectivity index (χ2n) is 9.64. The number of halogens is 1. The predicted octanol–water partition coefficient (Wildman–Crippen LogP) is 4.47. The van der Waals surface area contributed by atoms with Crippen LogP contribution in [0.5, 0.6) is 0 Å². The van der Waals surface area contributed by atoms with Crippen LogP contribution in [0.4, 0.5) is 15.8 Å². The summed E-state index contributed by atoms with van der Waals surface area (Å²) in [6.07, 6.45) is 0.440. The highest BCUT2D eigenvalue weighted by atomic mass is 19.1. The lowest BCUT2D eigenvalue weighted by Gasteiger charge is -2.49. The molecule has 1 N–H and O–H groups in total. The normalized spacial score (nSPS) is 20.2. The molecule has 36 heavy (non-hydrogen) atoms. The lowest BCUT2D eigenvalue weighted by molar-refractivity contribution is -0.384. The van der Waals surface area contributed by atoms with Crippen LogP contribution in [-0.2, 0) is 17.8 Å². The van der Waals surface area contributed by atoms with Gasteiger partial charge in [-0.1, -0.05) is 42.5 Å². The van der Waals surface area contributed by atoms with Gasteiger partial charge in [0.15, 0.2) is 0 Å². The van der Waals surface area contributed by atoms with Gasteiger partial charge >= 0.3 is 0 Å². The molecule has 2 aliphatic rings. The fraction of sp³-hybridized carbons (Fsp3) is 0.321. The molecule has 0 aliphatic carbocycles. The zero-order valence-corrected chi connectivity index (χ0v) is 20.1. The van der Waals surface area contributed by atoms with E-state index in [1.54, 1.807) is 24.3 Å². The van der Waals surface area contributed by atoms with Gasteiger partial charge in [-0.15, -0.1) is 0 Å². The first-order valence-electron chi connectivity index (χ1n) is 12.2. The van der Waals surface area contributed by atoms with E-state index in [0.29, 0.717) is 26.1 Å². The third-order valence-electron chi connectivity index (χ3n) is 7.30. The quantitative estimate of drug-likeness (QED) is 0.409. The maximum Gasteiger partial charge on any atom is 0.269 e. The molecule has 8 heteroatoms. The van der Waals surface area contributed by atoms with Crippen molar-refractivity contribution in [3.63, 3.8) is 0 Å². The zero-order valence-electron chi connectivity index (χ0n) is 20.1. The summed E-state index contributed by atoms with van der Waals surface area (Å²) < 4.78 is 13.4. The number of amides is 1. The van der Waals surface area contributed by atoms with E-state index in [9.17, 15) is 19.3 Å². The summed E-state index contributed by atoms with van der Waals surface area (Å²) >= 11 is 0. The van der Waals surface area contributed by atoms with E-state index >= 15 is 0 Å². The first-order chi connectivity index (χ1) is 17.4. The summed E-state index contributed by atoms with van der Waals surface area (Å²) in [5.41, 5.74) is 3.89. The Bertz CT molecular complexity index is 1250. The largest absolute Gasteiger partial charge is 0.365 e. The van der Waals surface area contributed by atoms with Crippen LogP contribution in [0.25, 0.3) is 0 Å². The minimum atomic E-state index is -0.389. The number of benzene rings is 3. The second kappa shape index (κ2) is 10.1. The molecule has 3 aromatic rings. The molecule has 5 rings (SSSR count). The highest BCUT2D eigenvalue weighted by Crippen LogP contribution is 2.38. The molecule has 1 saturated heterocycles. The highest BCUT2D eigenvalue weighted by Gasteiger charge is 2.42. The van der Waals surface area contributed by atoms with Gasteiger partial charge in [-0.25, -0.2) is 4.39 Å². The number of fused-ring (bicyclic) bond motifs is 3. The number of hydrogen-bond donors (Lipinski definition) is 1. The van der Waals surface area contributed by atoms with E-state index in [-0.39, 0.29) is 40.3 Å². The van der Waals surface area contributed by atoms with Gasteiger partial charge < -0.3 is 10.2 Å². The third-order valence-corrected chi connectivity index (χ3v) is 7.30. The van der Waals surface area contributed by atoms with Gasteiger partial charge in [-0.05, 0) is 48.2 Å². The number of non-ortho nitro benzene ring substituents is 1. The van der Waals surface area contributed by atoms with Crippen LogP contribution in [-0.4, -0.2) is 41.4 Å². The van der Waals surface area contributed by atoms with E-state index in [1.807, 2.05) is 43.3 Å². The van der Waals surface area contributed by atoms with Crippen molar-refractivity contribution in [3.8, 4) is 0 Å². The Balaban J connectivity index is 1.41. The number of rotatable bonds is 6. The molecule has 0 spiro atoms. The molecule has 1 fully saturated rings. The van der Waals surface area contributed by atoms with Crippen LogP contribution < -0.4 is 10.2 Å². The first-order valence-corrected chi connectivity index (χ1v) is 12.2. The van der Waals surface area contributed by atoms with E-state index in [4.69, 9.17) is 0 Å². The second-order valence-corrected chi connectivity index (χ2v) is 9.64. The van der Waals surface area contributed by atoms with Crippen LogP contribution in [0.3, 0.4) is 0 Å². The average Bonchev–Trinajstić information content (AvgIpc) is 2.89. The predicted molar refractivity (Wildman–Crippen MR) is 136 cm³/mol. The fourth-order valence-electron chi connectivity index (χ4n) is 5.42. The van der Waals surface area contributed by atoms with Crippen molar-refractivity contribution in [2.45, 2.75) is 32.0 Å². The monoisotopic (exact) mass is 488 g/mol. The maximum atomic E-state index is 13.6. The first kappa shape index (κ1) is 23.9. The van der Waals surface area contributed by atoms with Gasteiger partial charge in [-0.3, -0.25) is 19.8 Å². The molecule has 1 amide bonds. The molecule has 2 aliphatic heterocycles. The summed E-state index contributed by atoms with van der Waals surface area (Å²) in [6.45, 7) is 4.79. The number of nitrogens with zero attached hydrogens (tertiary/aromatic N) is 3. The van der Waals surface area contributed by atoms with Gasteiger partial charge in [0.25, 0.3) is 5.69 Å². The van der Waals surface area contributed by atoms with Gasteiger partial charge in [0.2, 0.25) is 5.91 Å². The van der Waals surface area contributed by atoms with Crippen molar-refractivity contribution in [1.82, 2.24) is 10.2 Å². The third kappa shape index (κ3) is 4.95. The van der Waals surface area contributed by atoms with Crippen LogP contribution in [0.1, 0.15) is 29.7 Å². The molecular weight excluding hydrogens is 459 g/mol. The van der Waals surface area contributed by atoms with Crippen molar-refractivity contribution in [3.05, 3.63) is 105 Å². The highest BCUT2D eigenvalue weighted by molar-refractivity contribution is 5.82. The van der Waals surface area contributed by atoms with Crippen molar-refractivity contribution >= 4 is 17.3 Å². The number of carbonyl (C=O) groups excluding carboxylic acids is 1. The Morgan fingerprint density at radius 1 is 1.11 bits per heavy atom. The molecule has 3 atom stereocenters. The topological polar surface area (TPSA) is 78.7 Å². The lowest BCUT2D eigenvalue weighted by atomic mass is 9.83. The van der Waals surface area contributed by atoms with Gasteiger partial charge in [0.1, 0.15) is 5.82 Å². The molecule has 2 heterocycles. The van der Waals surface area contributed by atoms with E-state index in [1.165, 1.54) is 12.1 Å². The Morgan fingerprint density at radius 3 is 2.58 bits per heavy atom. The molecule has 7 nitrogen and oxygen atoms in total. The molecule has 0 aromatic heterocycles. The van der Waals surface area contributed by atoms with Gasteiger partial charge in [-0.2, -0.15) is 0 Å². The van der Waals surface area contributed by atoms with Crippen molar-refractivity contribution in [2.24, 2.45) is 5.92 Å². The van der Waals surface area contributed by atoms with Crippen LogP contribution in [0, 0.1) is 21.8 Å². The van der Waals surface area contributed by atoms with Crippen LogP contribution in [0.15, 0.2) is 72.8 Å². The van der Waals surface area contributed by atoms with Crippen LogP contribution in [0.2, 0.25) is 0 Å². The summed E-state index contributed by atoms with van der Waals surface area (Å²) in [6, 6.07) is 21.1. The molecule has 186 valence electrons. The minimum Gasteiger partial charge on any atom is -0.365 e. The molecule has 0 bridgehead atoms. The number of nitro groups is 1. The maximum absolute atomic E-state index is 13.6. The van der Waals surface area contributed by atoms with Crippen molar-refractivity contribution in [1.29, 1.82) is 0 Å². The van der Waals surface area contributed by atoms with Crippen molar-refractivity contribution in [2.75, 3.05) is 24.5 Å². The summed E-state index contributed by atoms with van der Waals surface area (Å²) in [7, 11) is 0. The van der Waals surface area contributed by atoms with Crippen molar-refractivity contribution < 1.29 is 14.1 Å². The molecule has 0 radical (unpaired) electrons. The lowest BCUT2D eigenvalue weighted by Crippen LogP contribution is -2.61. The smallest absolute Gasteiger partial charge is 0.269 e. The van der Waals surface area contributed by atoms with Crippen LogP contribution >= 0.6 is 0 Å². The summed E-state index contributed by atoms with van der Waals surface area (Å²) in [5.74, 6) is -0.672. The average molecular weight is 489 g/mol. The van der Waals surface area contributed by atoms with E-state index < -0.39 is 0 Å². The fourth-order valence-corrected chi connectivity index (χ4v) is 5.42. The van der Waals surface area contributed by atoms with E-state index in [2.05, 4.69) is 15.1 Å². The molecule has 0 saturated carbocycles. The Morgan fingerprint density at radius 2 is 1.86 bits per heavy atom. The number of carbonyl (C=O) groups is 1. The van der Waals surface area contributed by atoms with Gasteiger partial charge in [0.05, 0.1) is 22.9 Å². The molecular formula is C28H29FN4O3. The summed E-state index contributed by atoms with van der Waals surface area (Å²) in [4.78, 5) is 29.2. The SMILES string of the molecule is C[C@H](NC(=O)[C@@H]1Cc2cc([N+](=O)[O-])ccc2N2CCN(Cc3ccc(F)cc3)C[C@H]12)c1ccccc1. The number of nitro benzene ring substituents is 1. The number of nitrogens with one attached hydrogen (secondary N) is 1. The molecule has 3 aromatic carbocycles. The standard InChI is InChI=1S/C28H29FN4O3/c1-19(21-5-3-2-4-6-21)30-28(34)25-16-22-15-24(33(35)36)11-12-26(22)32-14-13-31(18-27(25)32)17-20-7-9-23(29)10-8-20/h2-12,15,19,25,27H,13-14,16-18H2,1H3,(H,30,34)/t19-,25+,27+/m0/s1. The van der Waals surface area contributed by atoms with Gasteiger partial charge in [0, 0.05) is 44.0 Å². The minimum absolute atomic E-state index is 0.0407. The van der Waals surface area contributed by atoms with E-state index in [0.717, 1.165) is 28.9 Å². The molecule has 0 unspecified atom stereocenters.